The van der Waals surface area contributed by atoms with Gasteiger partial charge >= 0.3 is 0 Å². The molecule has 0 aliphatic rings. The Morgan fingerprint density at radius 2 is 1.62 bits per heavy atom. The quantitative estimate of drug-likeness (QED) is 0.578. The molecule has 3 aromatic rings. The maximum absolute atomic E-state index is 13.2. The summed E-state index contributed by atoms with van der Waals surface area (Å²) in [6, 6.07) is 13.3. The number of benzene rings is 2. The minimum absolute atomic E-state index is 0.0270. The van der Waals surface area contributed by atoms with Gasteiger partial charge in [-0.05, 0) is 74.7 Å². The van der Waals surface area contributed by atoms with Crippen LogP contribution in [0.5, 0.6) is 0 Å². The minimum Gasteiger partial charge on any atom is -0.350 e. The van der Waals surface area contributed by atoms with Gasteiger partial charge in [-0.25, -0.2) is 4.39 Å². The number of carbonyl (C=O) groups excluding carboxylic acids is 2. The van der Waals surface area contributed by atoms with Gasteiger partial charge in [0.25, 0.3) is 11.8 Å². The van der Waals surface area contributed by atoms with Gasteiger partial charge in [-0.3, -0.25) is 9.59 Å². The van der Waals surface area contributed by atoms with Crippen molar-refractivity contribution in [2.24, 2.45) is 0 Å². The second-order valence-electron chi connectivity index (χ2n) is 7.24. The summed E-state index contributed by atoms with van der Waals surface area (Å²) in [7, 11) is 0. The molecule has 4 nitrogen and oxygen atoms in total. The molecule has 0 unspecified atom stereocenters. The zero-order valence-corrected chi connectivity index (χ0v) is 17.6. The van der Waals surface area contributed by atoms with E-state index in [9.17, 15) is 14.0 Å². The third kappa shape index (κ3) is 4.90. The van der Waals surface area contributed by atoms with E-state index >= 15 is 0 Å². The van der Waals surface area contributed by atoms with Crippen LogP contribution < -0.4 is 10.6 Å². The van der Waals surface area contributed by atoms with E-state index < -0.39 is 0 Å². The molecule has 3 rings (SSSR count). The highest BCUT2D eigenvalue weighted by atomic mass is 32.1. The van der Waals surface area contributed by atoms with Crippen LogP contribution in [0.4, 0.5) is 10.1 Å². The predicted octanol–water partition coefficient (Wildman–Crippen LogP) is 5.56. The van der Waals surface area contributed by atoms with E-state index in [1.165, 1.54) is 23.5 Å². The molecule has 0 bridgehead atoms. The zero-order chi connectivity index (χ0) is 21.1. The van der Waals surface area contributed by atoms with E-state index in [2.05, 4.69) is 10.6 Å². The van der Waals surface area contributed by atoms with Crippen molar-refractivity contribution in [1.29, 1.82) is 0 Å². The fourth-order valence-electron chi connectivity index (χ4n) is 2.96. The first-order valence-electron chi connectivity index (χ1n) is 9.34. The van der Waals surface area contributed by atoms with E-state index in [-0.39, 0.29) is 23.7 Å². The van der Waals surface area contributed by atoms with Gasteiger partial charge in [0.05, 0.1) is 4.88 Å². The molecule has 0 atom stereocenters. The fraction of sp³-hybridized carbons (Fsp3) is 0.217. The Morgan fingerprint density at radius 1 is 0.931 bits per heavy atom. The van der Waals surface area contributed by atoms with Crippen LogP contribution >= 0.6 is 11.3 Å². The first-order chi connectivity index (χ1) is 13.7. The number of thiophene rings is 1. The number of rotatable bonds is 5. The molecule has 0 spiro atoms. The van der Waals surface area contributed by atoms with Crippen molar-refractivity contribution in [1.82, 2.24) is 5.32 Å². The second kappa shape index (κ2) is 8.57. The van der Waals surface area contributed by atoms with Gasteiger partial charge in [-0.1, -0.05) is 18.2 Å². The molecule has 150 valence electrons. The van der Waals surface area contributed by atoms with Crippen LogP contribution in [0.3, 0.4) is 0 Å². The molecule has 2 aromatic carbocycles. The predicted molar refractivity (Wildman–Crippen MR) is 116 cm³/mol. The highest BCUT2D eigenvalue weighted by Crippen LogP contribution is 2.33. The highest BCUT2D eigenvalue weighted by molar-refractivity contribution is 7.17. The summed E-state index contributed by atoms with van der Waals surface area (Å²) in [5.74, 6) is -0.706. The normalized spacial score (nSPS) is 10.8. The SMILES string of the molecule is Cc1ccc(NC(=O)c2cc(C)c(-c3ccc(F)cc3)s2)cc1C(=O)NC(C)C. The Hall–Kier alpha value is -2.99. The monoisotopic (exact) mass is 410 g/mol. The van der Waals surface area contributed by atoms with Gasteiger partial charge in [0.2, 0.25) is 0 Å². The number of hydrogen-bond acceptors (Lipinski definition) is 3. The van der Waals surface area contributed by atoms with E-state index in [0.717, 1.165) is 21.6 Å². The van der Waals surface area contributed by atoms with Crippen molar-refractivity contribution in [3.63, 3.8) is 0 Å². The van der Waals surface area contributed by atoms with Crippen molar-refractivity contribution >= 4 is 28.8 Å². The molecule has 6 heteroatoms. The van der Waals surface area contributed by atoms with Gasteiger partial charge in [0, 0.05) is 22.2 Å². The maximum atomic E-state index is 13.2. The molecule has 0 saturated heterocycles. The van der Waals surface area contributed by atoms with Gasteiger partial charge in [-0.2, -0.15) is 0 Å². The van der Waals surface area contributed by atoms with E-state index in [1.54, 1.807) is 24.3 Å². The molecular formula is C23H23FN2O2S. The average Bonchev–Trinajstić information content (AvgIpc) is 3.05. The topological polar surface area (TPSA) is 58.2 Å². The van der Waals surface area contributed by atoms with Crippen LogP contribution in [-0.4, -0.2) is 17.9 Å². The van der Waals surface area contributed by atoms with Gasteiger partial charge in [0.1, 0.15) is 5.82 Å². The molecule has 0 radical (unpaired) electrons. The van der Waals surface area contributed by atoms with Crippen LogP contribution in [0.15, 0.2) is 48.5 Å². The van der Waals surface area contributed by atoms with Crippen molar-refractivity contribution in [3.8, 4) is 10.4 Å². The molecule has 1 heterocycles. The lowest BCUT2D eigenvalue weighted by atomic mass is 10.1. The summed E-state index contributed by atoms with van der Waals surface area (Å²) in [4.78, 5) is 26.6. The molecule has 2 N–H and O–H groups in total. The molecule has 2 amide bonds. The maximum Gasteiger partial charge on any atom is 0.265 e. The Morgan fingerprint density at radius 3 is 2.28 bits per heavy atom. The number of aryl methyl sites for hydroxylation is 2. The van der Waals surface area contributed by atoms with Crippen molar-refractivity contribution < 1.29 is 14.0 Å². The van der Waals surface area contributed by atoms with Gasteiger partial charge in [0.15, 0.2) is 0 Å². The smallest absolute Gasteiger partial charge is 0.265 e. The van der Waals surface area contributed by atoms with Crippen LogP contribution in [0.2, 0.25) is 0 Å². The lowest BCUT2D eigenvalue weighted by Gasteiger charge is -2.12. The number of carbonyl (C=O) groups is 2. The highest BCUT2D eigenvalue weighted by Gasteiger charge is 2.16. The summed E-state index contributed by atoms with van der Waals surface area (Å²) >= 11 is 1.35. The first kappa shape index (κ1) is 20.7. The Labute approximate surface area is 173 Å². The number of amides is 2. The summed E-state index contributed by atoms with van der Waals surface area (Å²) in [5.41, 5.74) is 3.75. The van der Waals surface area contributed by atoms with Crippen LogP contribution in [0.1, 0.15) is 45.0 Å². The van der Waals surface area contributed by atoms with Crippen LogP contribution in [0.25, 0.3) is 10.4 Å². The average molecular weight is 411 g/mol. The third-order valence-corrected chi connectivity index (χ3v) is 5.69. The lowest BCUT2D eigenvalue weighted by Crippen LogP contribution is -2.30. The number of hydrogen-bond donors (Lipinski definition) is 2. The minimum atomic E-state index is -0.294. The third-order valence-electron chi connectivity index (χ3n) is 4.41. The molecule has 0 saturated carbocycles. The molecular weight excluding hydrogens is 387 g/mol. The summed E-state index contributed by atoms with van der Waals surface area (Å²) in [5, 5.41) is 5.74. The Bertz CT molecular complexity index is 1060. The van der Waals surface area contributed by atoms with Crippen LogP contribution in [-0.2, 0) is 0 Å². The lowest BCUT2D eigenvalue weighted by molar-refractivity contribution is 0.0941. The van der Waals surface area contributed by atoms with E-state index in [0.29, 0.717) is 16.1 Å². The molecule has 0 aliphatic heterocycles. The molecule has 29 heavy (non-hydrogen) atoms. The van der Waals surface area contributed by atoms with Gasteiger partial charge in [-0.15, -0.1) is 11.3 Å². The number of nitrogens with one attached hydrogen (secondary N) is 2. The molecule has 0 aliphatic carbocycles. The largest absolute Gasteiger partial charge is 0.350 e. The number of halogens is 1. The van der Waals surface area contributed by atoms with E-state index in [4.69, 9.17) is 0 Å². The standard InChI is InChI=1S/C23H23FN2O2S/c1-13(2)25-22(27)19-12-18(10-5-14(19)3)26-23(28)20-11-15(4)21(29-20)16-6-8-17(24)9-7-16/h5-13H,1-4H3,(H,25,27)(H,26,28). The Balaban J connectivity index is 1.81. The Kier molecular flexibility index (Phi) is 6.13. The van der Waals surface area contributed by atoms with Gasteiger partial charge < -0.3 is 10.6 Å². The first-order valence-corrected chi connectivity index (χ1v) is 10.2. The number of anilines is 1. The van der Waals surface area contributed by atoms with E-state index in [1.807, 2.05) is 39.8 Å². The van der Waals surface area contributed by atoms with Crippen LogP contribution in [0, 0.1) is 19.7 Å². The summed E-state index contributed by atoms with van der Waals surface area (Å²) in [6.45, 7) is 7.58. The second-order valence-corrected chi connectivity index (χ2v) is 8.29. The zero-order valence-electron chi connectivity index (χ0n) is 16.8. The van der Waals surface area contributed by atoms with Crippen molar-refractivity contribution in [2.75, 3.05) is 5.32 Å². The fourth-order valence-corrected chi connectivity index (χ4v) is 4.03. The molecule has 0 fully saturated rings. The summed E-state index contributed by atoms with van der Waals surface area (Å²) in [6.07, 6.45) is 0. The van der Waals surface area contributed by atoms with Crippen molar-refractivity contribution in [3.05, 3.63) is 75.9 Å². The molecule has 1 aromatic heterocycles. The van der Waals surface area contributed by atoms with Crippen molar-refractivity contribution in [2.45, 2.75) is 33.7 Å². The summed E-state index contributed by atoms with van der Waals surface area (Å²) < 4.78 is 13.2.